The lowest BCUT2D eigenvalue weighted by molar-refractivity contribution is -0.139. The number of nitrogens with one attached hydrogen (secondary N) is 1. The Hall–Kier alpha value is -3.53. The van der Waals surface area contributed by atoms with Crippen molar-refractivity contribution >= 4 is 21.7 Å². The number of piperidine rings is 1. The standard InChI is InChI=1S/C33H40N2O6S/c1-24-10-6-7-14-28(24)30-20-26(15-16-29(30)32(36)34-31(33(37)38)17-19-42(2,39)40)21-35-18-9-8-13-27(35)23-41-22-25-11-4-3-5-12-25/h3-7,10-12,14-16,20,27,31H,8-9,13,17-19,21-23H2,1-2H3,(H,34,36)(H,37,38). The van der Waals surface area contributed by atoms with E-state index in [1.807, 2.05) is 61.5 Å². The van der Waals surface area contributed by atoms with E-state index in [1.165, 1.54) is 0 Å². The van der Waals surface area contributed by atoms with Crippen molar-refractivity contribution in [2.45, 2.75) is 57.8 Å². The number of carbonyl (C=O) groups excluding carboxylic acids is 1. The number of ether oxygens (including phenoxy) is 1. The second kappa shape index (κ2) is 14.6. The average molecular weight is 593 g/mol. The summed E-state index contributed by atoms with van der Waals surface area (Å²) < 4.78 is 29.3. The summed E-state index contributed by atoms with van der Waals surface area (Å²) in [4.78, 5) is 27.7. The monoisotopic (exact) mass is 592 g/mol. The Bertz CT molecular complexity index is 1470. The van der Waals surface area contributed by atoms with E-state index in [0.29, 0.717) is 36.9 Å². The molecule has 1 saturated heterocycles. The van der Waals surface area contributed by atoms with E-state index in [-0.39, 0.29) is 12.2 Å². The van der Waals surface area contributed by atoms with Gasteiger partial charge in [0.05, 0.1) is 19.0 Å². The first-order valence-electron chi connectivity index (χ1n) is 14.4. The molecule has 42 heavy (non-hydrogen) atoms. The molecule has 1 fully saturated rings. The second-order valence-corrected chi connectivity index (χ2v) is 13.4. The van der Waals surface area contributed by atoms with Crippen LogP contribution >= 0.6 is 0 Å². The van der Waals surface area contributed by atoms with Gasteiger partial charge in [-0.3, -0.25) is 9.69 Å². The van der Waals surface area contributed by atoms with Gasteiger partial charge >= 0.3 is 5.97 Å². The zero-order valence-corrected chi connectivity index (χ0v) is 25.1. The Morgan fingerprint density at radius 2 is 1.74 bits per heavy atom. The van der Waals surface area contributed by atoms with E-state index in [4.69, 9.17) is 4.74 Å². The van der Waals surface area contributed by atoms with Gasteiger partial charge in [-0.15, -0.1) is 0 Å². The average Bonchev–Trinajstić information content (AvgIpc) is 2.96. The molecular formula is C33H40N2O6S. The van der Waals surface area contributed by atoms with Crippen molar-refractivity contribution in [3.8, 4) is 11.1 Å². The lowest BCUT2D eigenvalue weighted by Crippen LogP contribution is -2.42. The molecule has 0 saturated carbocycles. The van der Waals surface area contributed by atoms with Crippen LogP contribution in [0.1, 0.15) is 52.7 Å². The Labute approximate surface area is 248 Å². The molecule has 0 aromatic heterocycles. The number of carboxylic acid groups (broad SMARTS) is 1. The molecule has 0 spiro atoms. The number of amides is 1. The molecule has 2 N–H and O–H groups in total. The van der Waals surface area contributed by atoms with E-state index in [0.717, 1.165) is 54.3 Å². The van der Waals surface area contributed by atoms with Crippen molar-refractivity contribution in [1.82, 2.24) is 10.2 Å². The normalized spacial score (nSPS) is 16.6. The minimum atomic E-state index is -3.38. The number of aryl methyl sites for hydroxylation is 1. The Morgan fingerprint density at radius 1 is 1.00 bits per heavy atom. The number of rotatable bonds is 13. The van der Waals surface area contributed by atoms with Crippen molar-refractivity contribution < 1.29 is 27.9 Å². The van der Waals surface area contributed by atoms with Crippen LogP contribution in [0.25, 0.3) is 11.1 Å². The van der Waals surface area contributed by atoms with Crippen LogP contribution in [0, 0.1) is 6.92 Å². The van der Waals surface area contributed by atoms with Crippen LogP contribution in [0.5, 0.6) is 0 Å². The summed E-state index contributed by atoms with van der Waals surface area (Å²) in [6, 6.07) is 22.6. The first-order chi connectivity index (χ1) is 20.1. The summed E-state index contributed by atoms with van der Waals surface area (Å²) in [7, 11) is -3.38. The molecule has 3 aromatic rings. The highest BCUT2D eigenvalue weighted by Crippen LogP contribution is 2.30. The van der Waals surface area contributed by atoms with E-state index in [2.05, 4.69) is 22.3 Å². The molecule has 0 aliphatic carbocycles. The fourth-order valence-electron chi connectivity index (χ4n) is 5.39. The molecule has 1 aliphatic rings. The fourth-order valence-corrected chi connectivity index (χ4v) is 6.05. The third-order valence-corrected chi connectivity index (χ3v) is 8.68. The molecule has 0 bridgehead atoms. The molecular weight excluding hydrogens is 552 g/mol. The minimum Gasteiger partial charge on any atom is -0.480 e. The number of sulfone groups is 1. The topological polar surface area (TPSA) is 113 Å². The number of nitrogens with zero attached hydrogens (tertiary/aromatic N) is 1. The second-order valence-electron chi connectivity index (χ2n) is 11.1. The molecule has 0 radical (unpaired) electrons. The van der Waals surface area contributed by atoms with E-state index in [9.17, 15) is 23.1 Å². The van der Waals surface area contributed by atoms with Gasteiger partial charge in [0.25, 0.3) is 5.91 Å². The summed E-state index contributed by atoms with van der Waals surface area (Å²) in [6.45, 7) is 4.85. The lowest BCUT2D eigenvalue weighted by atomic mass is 9.93. The molecule has 1 aliphatic heterocycles. The third kappa shape index (κ3) is 8.98. The molecule has 2 atom stereocenters. The predicted molar refractivity (Wildman–Crippen MR) is 164 cm³/mol. The highest BCUT2D eigenvalue weighted by Gasteiger charge is 2.26. The van der Waals surface area contributed by atoms with Gasteiger partial charge in [-0.1, -0.05) is 67.1 Å². The van der Waals surface area contributed by atoms with E-state index >= 15 is 0 Å². The summed E-state index contributed by atoms with van der Waals surface area (Å²) in [5.41, 5.74) is 5.13. The van der Waals surface area contributed by atoms with Crippen LogP contribution in [-0.2, 0) is 32.5 Å². The highest BCUT2D eigenvalue weighted by molar-refractivity contribution is 7.90. The van der Waals surface area contributed by atoms with Gasteiger partial charge < -0.3 is 15.2 Å². The molecule has 8 nitrogen and oxygen atoms in total. The first-order valence-corrected chi connectivity index (χ1v) is 16.4. The van der Waals surface area contributed by atoms with Crippen LogP contribution in [0.4, 0.5) is 0 Å². The number of hydrogen-bond donors (Lipinski definition) is 2. The number of aliphatic carboxylic acids is 1. The summed E-state index contributed by atoms with van der Waals surface area (Å²) in [5.74, 6) is -2.16. The van der Waals surface area contributed by atoms with Crippen LogP contribution < -0.4 is 5.32 Å². The van der Waals surface area contributed by atoms with Gasteiger partial charge in [0.15, 0.2) is 0 Å². The molecule has 224 valence electrons. The summed E-state index contributed by atoms with van der Waals surface area (Å²) in [5, 5.41) is 12.2. The zero-order valence-electron chi connectivity index (χ0n) is 24.3. The lowest BCUT2D eigenvalue weighted by Gasteiger charge is -2.35. The fraction of sp³-hybridized carbons (Fsp3) is 0.394. The SMILES string of the molecule is Cc1ccccc1-c1cc(CN2CCCCC2COCc2ccccc2)ccc1C(=O)NC(CCS(C)(=O)=O)C(=O)O. The number of carbonyl (C=O) groups is 2. The number of carboxylic acids is 1. The Kier molecular flexibility index (Phi) is 10.9. The Morgan fingerprint density at radius 3 is 2.45 bits per heavy atom. The maximum absolute atomic E-state index is 13.4. The van der Waals surface area contributed by atoms with Crippen LogP contribution in [0.15, 0.2) is 72.8 Å². The molecule has 1 heterocycles. The summed E-state index contributed by atoms with van der Waals surface area (Å²) in [6.07, 6.45) is 4.17. The van der Waals surface area contributed by atoms with Crippen molar-refractivity contribution in [1.29, 1.82) is 0 Å². The van der Waals surface area contributed by atoms with Crippen LogP contribution in [0.3, 0.4) is 0 Å². The predicted octanol–water partition coefficient (Wildman–Crippen LogP) is 4.85. The quantitative estimate of drug-likeness (QED) is 0.292. The molecule has 9 heteroatoms. The van der Waals surface area contributed by atoms with Crippen molar-refractivity contribution in [2.24, 2.45) is 0 Å². The smallest absolute Gasteiger partial charge is 0.326 e. The summed E-state index contributed by atoms with van der Waals surface area (Å²) >= 11 is 0. The van der Waals surface area contributed by atoms with Crippen molar-refractivity contribution in [3.63, 3.8) is 0 Å². The van der Waals surface area contributed by atoms with Crippen molar-refractivity contribution in [3.05, 3.63) is 95.1 Å². The van der Waals surface area contributed by atoms with Gasteiger partial charge in [-0.2, -0.15) is 0 Å². The maximum atomic E-state index is 13.4. The van der Waals surface area contributed by atoms with Gasteiger partial charge in [0.1, 0.15) is 15.9 Å². The van der Waals surface area contributed by atoms with E-state index in [1.54, 1.807) is 6.07 Å². The largest absolute Gasteiger partial charge is 0.480 e. The third-order valence-electron chi connectivity index (χ3n) is 7.70. The van der Waals surface area contributed by atoms with Gasteiger partial charge in [0.2, 0.25) is 0 Å². The Balaban J connectivity index is 1.54. The van der Waals surface area contributed by atoms with Gasteiger partial charge in [-0.05, 0) is 72.7 Å². The van der Waals surface area contributed by atoms with Crippen LogP contribution in [0.2, 0.25) is 0 Å². The molecule has 4 rings (SSSR count). The molecule has 3 aromatic carbocycles. The molecule has 1 amide bonds. The zero-order chi connectivity index (χ0) is 30.1. The van der Waals surface area contributed by atoms with Gasteiger partial charge in [0, 0.05) is 24.4 Å². The van der Waals surface area contributed by atoms with E-state index < -0.39 is 27.8 Å². The van der Waals surface area contributed by atoms with Crippen LogP contribution in [-0.4, -0.2) is 67.5 Å². The minimum absolute atomic E-state index is 0.208. The first kappa shape index (κ1) is 31.4. The molecule has 2 unspecified atom stereocenters. The van der Waals surface area contributed by atoms with Crippen molar-refractivity contribution in [2.75, 3.05) is 25.2 Å². The number of hydrogen-bond acceptors (Lipinski definition) is 6. The van der Waals surface area contributed by atoms with Gasteiger partial charge in [-0.25, -0.2) is 13.2 Å². The highest BCUT2D eigenvalue weighted by atomic mass is 32.2. The number of benzene rings is 3. The number of likely N-dealkylation sites (tertiary alicyclic amines) is 1. The maximum Gasteiger partial charge on any atom is 0.326 e.